The molecule has 2 aromatic carbocycles. The van der Waals surface area contributed by atoms with Gasteiger partial charge in [0.15, 0.2) is 16.7 Å². The number of hydrogen-bond donors (Lipinski definition) is 0. The number of carbonyl (C=O) groups excluding carboxylic acids is 1. The number of amides is 1. The Hall–Kier alpha value is -2.64. The van der Waals surface area contributed by atoms with E-state index in [2.05, 4.69) is 4.99 Å². The van der Waals surface area contributed by atoms with Crippen molar-refractivity contribution in [2.45, 2.75) is 40.2 Å². The van der Waals surface area contributed by atoms with Crippen molar-refractivity contribution in [2.75, 3.05) is 20.3 Å². The smallest absolute Gasteiger partial charge is 0.266 e. The molecule has 0 unspecified atom stereocenters. The van der Waals surface area contributed by atoms with E-state index in [1.807, 2.05) is 64.1 Å². The van der Waals surface area contributed by atoms with E-state index in [9.17, 15) is 4.79 Å². The lowest BCUT2D eigenvalue weighted by Crippen LogP contribution is -2.28. The number of hydrogen-bond acceptors (Lipinski definition) is 6. The molecule has 0 aliphatic carbocycles. The summed E-state index contributed by atoms with van der Waals surface area (Å²) in [6.45, 7) is 8.86. The van der Waals surface area contributed by atoms with Gasteiger partial charge >= 0.3 is 0 Å². The second-order valence-corrected chi connectivity index (χ2v) is 8.77. The van der Waals surface area contributed by atoms with Crippen LogP contribution < -0.4 is 14.2 Å². The number of thioether (sulfide) groups is 1. The van der Waals surface area contributed by atoms with E-state index >= 15 is 0 Å². The van der Waals surface area contributed by atoms with Crippen LogP contribution in [0.15, 0.2) is 46.3 Å². The van der Waals surface area contributed by atoms with Gasteiger partial charge in [-0.05, 0) is 87.0 Å². The predicted octanol–water partition coefficient (Wildman–Crippen LogP) is 6.55. The van der Waals surface area contributed by atoms with Gasteiger partial charge in [0.05, 0.1) is 35.4 Å². The maximum absolute atomic E-state index is 13.0. The molecule has 3 rings (SSSR count). The molecule has 1 heterocycles. The first-order valence-electron chi connectivity index (χ1n) is 11.0. The predicted molar refractivity (Wildman–Crippen MR) is 136 cm³/mol. The molecule has 0 spiro atoms. The third-order valence-electron chi connectivity index (χ3n) is 5.02. The van der Waals surface area contributed by atoms with Crippen LogP contribution in [0.25, 0.3) is 6.08 Å². The molecule has 0 saturated carbocycles. The van der Waals surface area contributed by atoms with E-state index in [0.717, 1.165) is 23.4 Å². The molecule has 1 aliphatic heterocycles. The number of halogens is 1. The summed E-state index contributed by atoms with van der Waals surface area (Å²) < 4.78 is 17.0. The highest BCUT2D eigenvalue weighted by Crippen LogP contribution is 2.40. The highest BCUT2D eigenvalue weighted by molar-refractivity contribution is 8.18. The molecule has 0 bridgehead atoms. The summed E-state index contributed by atoms with van der Waals surface area (Å²) >= 11 is 7.88. The van der Waals surface area contributed by atoms with E-state index in [0.29, 0.717) is 39.7 Å². The summed E-state index contributed by atoms with van der Waals surface area (Å²) in [5, 5.41) is 1.08. The second kappa shape index (κ2) is 11.5. The van der Waals surface area contributed by atoms with Crippen LogP contribution in [0.1, 0.15) is 39.7 Å². The van der Waals surface area contributed by atoms with Gasteiger partial charge in [0, 0.05) is 6.54 Å². The zero-order chi connectivity index (χ0) is 24.0. The third-order valence-corrected chi connectivity index (χ3v) is 6.31. The average Bonchev–Trinajstić information content (AvgIpc) is 3.10. The zero-order valence-corrected chi connectivity index (χ0v) is 21.1. The highest BCUT2D eigenvalue weighted by atomic mass is 35.5. The molecular weight excluding hydrogens is 460 g/mol. The van der Waals surface area contributed by atoms with Crippen molar-refractivity contribution >= 4 is 46.2 Å². The first kappa shape index (κ1) is 25.0. The van der Waals surface area contributed by atoms with Crippen LogP contribution in [0.2, 0.25) is 5.02 Å². The van der Waals surface area contributed by atoms with Crippen molar-refractivity contribution in [2.24, 2.45) is 4.99 Å². The summed E-state index contributed by atoms with van der Waals surface area (Å²) in [5.41, 5.74) is 1.51. The van der Waals surface area contributed by atoms with Crippen LogP contribution in [-0.4, -0.2) is 42.3 Å². The van der Waals surface area contributed by atoms with Gasteiger partial charge in [-0.1, -0.05) is 18.5 Å². The number of ether oxygens (including phenoxy) is 3. The normalized spacial score (nSPS) is 17.0. The molecule has 1 atom stereocenters. The molecule has 1 fully saturated rings. The zero-order valence-electron chi connectivity index (χ0n) is 19.6. The number of likely N-dealkylation sites (N-methyl/N-ethyl adjacent to an activating group) is 1. The number of nitrogens with zero attached hydrogens (tertiary/aromatic N) is 2. The monoisotopic (exact) mass is 488 g/mol. The van der Waals surface area contributed by atoms with Crippen LogP contribution in [0.3, 0.4) is 0 Å². The molecule has 0 aromatic heterocycles. The third kappa shape index (κ3) is 6.03. The molecular formula is C25H29ClN2O4S. The van der Waals surface area contributed by atoms with Crippen LogP contribution in [0.4, 0.5) is 5.69 Å². The lowest BCUT2D eigenvalue weighted by molar-refractivity contribution is -0.122. The maximum atomic E-state index is 13.0. The molecule has 0 radical (unpaired) electrons. The minimum absolute atomic E-state index is 0.00714. The quantitative estimate of drug-likeness (QED) is 0.374. The molecule has 1 aliphatic rings. The number of rotatable bonds is 9. The van der Waals surface area contributed by atoms with Gasteiger partial charge in [-0.25, -0.2) is 4.99 Å². The molecule has 33 heavy (non-hydrogen) atoms. The fraction of sp³-hybridized carbons (Fsp3) is 0.360. The van der Waals surface area contributed by atoms with E-state index in [1.54, 1.807) is 18.1 Å². The Labute approximate surface area is 204 Å². The Balaban J connectivity index is 1.93. The van der Waals surface area contributed by atoms with Gasteiger partial charge in [-0.3, -0.25) is 9.69 Å². The van der Waals surface area contributed by atoms with Gasteiger partial charge in [0.1, 0.15) is 5.75 Å². The van der Waals surface area contributed by atoms with Crippen molar-refractivity contribution in [1.29, 1.82) is 0 Å². The highest BCUT2D eigenvalue weighted by Gasteiger charge is 2.32. The van der Waals surface area contributed by atoms with E-state index in [4.69, 9.17) is 25.8 Å². The van der Waals surface area contributed by atoms with Gasteiger partial charge in [0.25, 0.3) is 5.91 Å². The van der Waals surface area contributed by atoms with Crippen LogP contribution in [-0.2, 0) is 4.79 Å². The van der Waals surface area contributed by atoms with Gasteiger partial charge in [-0.15, -0.1) is 0 Å². The summed E-state index contributed by atoms with van der Waals surface area (Å²) in [5.74, 6) is 1.75. The number of carbonyl (C=O) groups is 1. The van der Waals surface area contributed by atoms with Gasteiger partial charge < -0.3 is 14.2 Å². The van der Waals surface area contributed by atoms with Crippen LogP contribution in [0, 0.1) is 0 Å². The Kier molecular flexibility index (Phi) is 8.69. The van der Waals surface area contributed by atoms with Gasteiger partial charge in [-0.2, -0.15) is 0 Å². The molecule has 176 valence electrons. The van der Waals surface area contributed by atoms with Crippen molar-refractivity contribution < 1.29 is 19.0 Å². The van der Waals surface area contributed by atoms with E-state index < -0.39 is 0 Å². The summed E-state index contributed by atoms with van der Waals surface area (Å²) in [6.07, 6.45) is 2.67. The maximum Gasteiger partial charge on any atom is 0.266 e. The summed E-state index contributed by atoms with van der Waals surface area (Å²) in [4.78, 5) is 19.9. The Bertz CT molecular complexity index is 1050. The minimum atomic E-state index is -0.0937. The first-order chi connectivity index (χ1) is 15.9. The number of amidine groups is 1. The topological polar surface area (TPSA) is 60.4 Å². The number of benzene rings is 2. The molecule has 1 amide bonds. The molecule has 1 saturated heterocycles. The lowest BCUT2D eigenvalue weighted by atomic mass is 10.1. The fourth-order valence-electron chi connectivity index (χ4n) is 3.12. The molecule has 0 N–H and O–H groups in total. The van der Waals surface area contributed by atoms with E-state index in [1.165, 1.54) is 11.8 Å². The minimum Gasteiger partial charge on any atom is -0.497 e. The summed E-state index contributed by atoms with van der Waals surface area (Å²) in [6, 6.07) is 11.0. The van der Waals surface area contributed by atoms with Crippen LogP contribution >= 0.6 is 23.4 Å². The molecule has 6 nitrogen and oxygen atoms in total. The Morgan fingerprint density at radius 2 is 1.91 bits per heavy atom. The lowest BCUT2D eigenvalue weighted by Gasteiger charge is -2.18. The first-order valence-corrected chi connectivity index (χ1v) is 12.2. The molecule has 8 heteroatoms. The van der Waals surface area contributed by atoms with Crippen molar-refractivity contribution in [3.63, 3.8) is 0 Å². The number of methoxy groups -OCH3 is 1. The SMILES string of the molecule is CCOc1cc(/C=C2/SC(=Nc3ccc(OC)cc3)N(CC)C2=O)cc(Cl)c1O[C@@H](C)CC. The van der Waals surface area contributed by atoms with E-state index in [-0.39, 0.29) is 12.0 Å². The van der Waals surface area contributed by atoms with Crippen molar-refractivity contribution in [1.82, 2.24) is 4.90 Å². The Morgan fingerprint density at radius 1 is 1.18 bits per heavy atom. The summed E-state index contributed by atoms with van der Waals surface area (Å²) in [7, 11) is 1.62. The van der Waals surface area contributed by atoms with Crippen LogP contribution in [0.5, 0.6) is 17.2 Å². The number of aliphatic imine (C=N–C) groups is 1. The fourth-order valence-corrected chi connectivity index (χ4v) is 4.45. The largest absolute Gasteiger partial charge is 0.497 e. The van der Waals surface area contributed by atoms with Crippen molar-refractivity contribution in [3.8, 4) is 17.2 Å². The standard InChI is InChI=1S/C25H29ClN2O4S/c1-6-16(4)32-23-20(26)13-17(14-21(23)31-8-3)15-22-24(29)28(7-2)25(33-22)27-18-9-11-19(30-5)12-10-18/h9-16H,6-8H2,1-5H3/b22-15+,27-25?/t16-/m0/s1. The van der Waals surface area contributed by atoms with Crippen molar-refractivity contribution in [3.05, 3.63) is 51.9 Å². The Morgan fingerprint density at radius 3 is 2.52 bits per heavy atom. The molecule has 2 aromatic rings. The van der Waals surface area contributed by atoms with Gasteiger partial charge in [0.2, 0.25) is 0 Å². The average molecular weight is 489 g/mol. The second-order valence-electron chi connectivity index (χ2n) is 7.35.